The molecule has 0 bridgehead atoms. The molecule has 0 N–H and O–H groups in total. The van der Waals surface area contributed by atoms with E-state index in [1.807, 2.05) is 25.4 Å². The lowest BCUT2D eigenvalue weighted by Gasteiger charge is -2.09. The summed E-state index contributed by atoms with van der Waals surface area (Å²) in [5.74, 6) is 0. The first-order chi connectivity index (χ1) is 2.94. The van der Waals surface area contributed by atoms with Gasteiger partial charge in [0.2, 0.25) is 0 Å². The van der Waals surface area contributed by atoms with Crippen molar-refractivity contribution in [2.24, 2.45) is 0 Å². The molecule has 0 rings (SSSR count). The molecule has 0 radical (unpaired) electrons. The molecular formula is C3H9Cl2NP+. The third kappa shape index (κ3) is 3.54. The number of nitrogens with zero attached hydrogens (tertiary/aromatic N) is 1. The molecule has 7 heavy (non-hydrogen) atoms. The van der Waals surface area contributed by atoms with Crippen LogP contribution in [0.15, 0.2) is 0 Å². The lowest BCUT2D eigenvalue weighted by molar-refractivity contribution is 0.686. The van der Waals surface area contributed by atoms with Crippen LogP contribution in [0.2, 0.25) is 0 Å². The maximum Gasteiger partial charge on any atom is 0.277 e. The lowest BCUT2D eigenvalue weighted by atomic mass is 11.3. The monoisotopic (exact) mass is 160 g/mol. The molecule has 0 aliphatic heterocycles. The van der Waals surface area contributed by atoms with Gasteiger partial charge in [-0.2, -0.15) is 4.67 Å². The van der Waals surface area contributed by atoms with Crippen LogP contribution in [0.4, 0.5) is 0 Å². The van der Waals surface area contributed by atoms with Gasteiger partial charge in [-0.3, -0.25) is 0 Å². The standard InChI is InChI=1S/C3H9Cl2NP/c1-6(2)7(3,4)5/h1-3H3/q+1. The summed E-state index contributed by atoms with van der Waals surface area (Å²) in [7, 11) is 3.74. The second-order valence-corrected chi connectivity index (χ2v) is 8.38. The number of hydrogen-bond donors (Lipinski definition) is 0. The predicted octanol–water partition coefficient (Wildman–Crippen LogP) is 2.42. The number of rotatable bonds is 1. The van der Waals surface area contributed by atoms with Crippen molar-refractivity contribution >= 4 is 28.6 Å². The van der Waals surface area contributed by atoms with Gasteiger partial charge in [-0.25, -0.2) is 0 Å². The highest BCUT2D eigenvalue weighted by Crippen LogP contribution is 2.66. The predicted molar refractivity (Wildman–Crippen MR) is 38.2 cm³/mol. The van der Waals surface area contributed by atoms with E-state index in [9.17, 15) is 0 Å². The van der Waals surface area contributed by atoms with Crippen LogP contribution in [-0.2, 0) is 0 Å². The fourth-order valence-electron chi connectivity index (χ4n) is 0. The fraction of sp³-hybridized carbons (Fsp3) is 1.00. The second-order valence-electron chi connectivity index (χ2n) is 1.60. The Morgan fingerprint density at radius 1 is 1.29 bits per heavy atom. The van der Waals surface area contributed by atoms with Gasteiger partial charge in [-0.15, -0.1) is 0 Å². The van der Waals surface area contributed by atoms with E-state index in [0.717, 1.165) is 0 Å². The Kier molecular flexibility index (Phi) is 2.85. The average Bonchev–Trinajstić information content (AvgIpc) is 1.31. The molecule has 0 aromatic rings. The zero-order valence-corrected chi connectivity index (χ0v) is 7.06. The Hall–Kier alpha value is 0.970. The first-order valence-corrected chi connectivity index (χ1v) is 5.88. The van der Waals surface area contributed by atoms with Gasteiger partial charge in [-0.05, 0) is 0 Å². The van der Waals surface area contributed by atoms with Crippen molar-refractivity contribution in [1.29, 1.82) is 0 Å². The topological polar surface area (TPSA) is 3.24 Å². The van der Waals surface area contributed by atoms with Crippen LogP contribution in [0.5, 0.6) is 0 Å². The van der Waals surface area contributed by atoms with E-state index < -0.39 is 6.12 Å². The molecule has 0 aromatic heterocycles. The quantitative estimate of drug-likeness (QED) is 0.533. The summed E-state index contributed by atoms with van der Waals surface area (Å²) < 4.78 is 1.83. The summed E-state index contributed by atoms with van der Waals surface area (Å²) >= 11 is 11.3. The smallest absolute Gasteiger partial charge is 0.155 e. The minimum absolute atomic E-state index is 1.71. The van der Waals surface area contributed by atoms with E-state index in [2.05, 4.69) is 0 Å². The summed E-state index contributed by atoms with van der Waals surface area (Å²) in [4.78, 5) is 0. The largest absolute Gasteiger partial charge is 0.277 e. The molecule has 0 heterocycles. The Bertz CT molecular complexity index is 58.4. The van der Waals surface area contributed by atoms with E-state index in [1.54, 1.807) is 0 Å². The molecule has 4 heteroatoms. The van der Waals surface area contributed by atoms with Crippen molar-refractivity contribution in [2.45, 2.75) is 0 Å². The molecule has 44 valence electrons. The van der Waals surface area contributed by atoms with Crippen molar-refractivity contribution in [3.63, 3.8) is 0 Å². The van der Waals surface area contributed by atoms with Crippen LogP contribution >= 0.6 is 28.6 Å². The molecule has 0 saturated carbocycles. The lowest BCUT2D eigenvalue weighted by Crippen LogP contribution is -2.03. The van der Waals surface area contributed by atoms with Crippen LogP contribution < -0.4 is 0 Å². The fourth-order valence-corrected chi connectivity index (χ4v) is 0. The minimum atomic E-state index is -1.71. The van der Waals surface area contributed by atoms with Gasteiger partial charge < -0.3 is 0 Å². The number of halogens is 2. The SMILES string of the molecule is CN(C)[P+](C)(Cl)Cl. The zero-order chi connectivity index (χ0) is 6.08. The summed E-state index contributed by atoms with van der Waals surface area (Å²) in [6, 6.07) is 0. The van der Waals surface area contributed by atoms with Gasteiger partial charge in [0, 0.05) is 14.1 Å². The molecule has 1 nitrogen and oxygen atoms in total. The molecule has 0 amide bonds. The molecule has 0 unspecified atom stereocenters. The maximum atomic E-state index is 5.67. The van der Waals surface area contributed by atoms with E-state index in [4.69, 9.17) is 22.5 Å². The van der Waals surface area contributed by atoms with Gasteiger partial charge in [0.25, 0.3) is 6.12 Å². The average molecular weight is 161 g/mol. The van der Waals surface area contributed by atoms with E-state index in [1.165, 1.54) is 0 Å². The van der Waals surface area contributed by atoms with Crippen LogP contribution in [0.25, 0.3) is 0 Å². The van der Waals surface area contributed by atoms with Crippen molar-refractivity contribution in [3.05, 3.63) is 0 Å². The van der Waals surface area contributed by atoms with Crippen LogP contribution in [0.1, 0.15) is 0 Å². The van der Waals surface area contributed by atoms with Gasteiger partial charge in [0.05, 0.1) is 6.66 Å². The highest BCUT2D eigenvalue weighted by molar-refractivity contribution is 8.15. The molecule has 0 aliphatic carbocycles. The first-order valence-electron chi connectivity index (χ1n) is 1.88. The summed E-state index contributed by atoms with van der Waals surface area (Å²) in [5, 5.41) is 0. The summed E-state index contributed by atoms with van der Waals surface area (Å²) in [6.45, 7) is 1.83. The van der Waals surface area contributed by atoms with Crippen molar-refractivity contribution in [3.8, 4) is 0 Å². The van der Waals surface area contributed by atoms with Crippen molar-refractivity contribution in [2.75, 3.05) is 20.8 Å². The molecule has 0 fully saturated rings. The van der Waals surface area contributed by atoms with Crippen LogP contribution in [0.3, 0.4) is 0 Å². The summed E-state index contributed by atoms with van der Waals surface area (Å²) in [6.07, 6.45) is -1.71. The van der Waals surface area contributed by atoms with Crippen LogP contribution in [0, 0.1) is 0 Å². The van der Waals surface area contributed by atoms with Crippen LogP contribution in [-0.4, -0.2) is 25.4 Å². The molecule has 0 saturated heterocycles. The van der Waals surface area contributed by atoms with Crippen molar-refractivity contribution < 1.29 is 0 Å². The Labute approximate surface area is 54.6 Å². The van der Waals surface area contributed by atoms with E-state index in [0.29, 0.717) is 0 Å². The van der Waals surface area contributed by atoms with Gasteiger partial charge >= 0.3 is 0 Å². The molecular weight excluding hydrogens is 152 g/mol. The highest BCUT2D eigenvalue weighted by atomic mass is 35.9. The van der Waals surface area contributed by atoms with Crippen molar-refractivity contribution in [1.82, 2.24) is 4.67 Å². The highest BCUT2D eigenvalue weighted by Gasteiger charge is 2.30. The third-order valence-corrected chi connectivity index (χ3v) is 3.92. The normalized spacial score (nSPS) is 12.9. The molecule has 0 spiro atoms. The Balaban J connectivity index is 3.54. The van der Waals surface area contributed by atoms with E-state index in [-0.39, 0.29) is 0 Å². The second kappa shape index (κ2) is 2.50. The Morgan fingerprint density at radius 2 is 1.43 bits per heavy atom. The Morgan fingerprint density at radius 3 is 1.43 bits per heavy atom. The summed E-state index contributed by atoms with van der Waals surface area (Å²) in [5.41, 5.74) is 0. The third-order valence-electron chi connectivity index (χ3n) is 0.702. The van der Waals surface area contributed by atoms with Gasteiger partial charge in [0.1, 0.15) is 22.5 Å². The van der Waals surface area contributed by atoms with Gasteiger partial charge in [-0.1, -0.05) is 0 Å². The maximum absolute atomic E-state index is 5.67. The molecule has 0 aliphatic rings. The first kappa shape index (κ1) is 7.97. The van der Waals surface area contributed by atoms with Gasteiger partial charge in [0.15, 0.2) is 0 Å². The minimum Gasteiger partial charge on any atom is -0.155 e. The molecule has 0 aromatic carbocycles. The zero-order valence-electron chi connectivity index (χ0n) is 4.65. The van der Waals surface area contributed by atoms with E-state index >= 15 is 0 Å². The number of hydrogen-bond acceptors (Lipinski definition) is 1. The molecule has 0 atom stereocenters.